The molecule has 4 rings (SSSR count). The maximum atomic E-state index is 14.5. The first-order chi connectivity index (χ1) is 14.5. The van der Waals surface area contributed by atoms with Crippen LogP contribution in [-0.2, 0) is 10.7 Å². The molecule has 0 unspecified atom stereocenters. The SMILES string of the molecule is Cc1nnc(N[C@H](C)c2cccc(C(F)F)c2F)c2cc3c(cc12)C(F)(F)C(=O)N3C. The molecule has 162 valence electrons. The number of halogens is 5. The van der Waals surface area contributed by atoms with Gasteiger partial charge in [-0.1, -0.05) is 18.2 Å². The van der Waals surface area contributed by atoms with Crippen LogP contribution in [0.2, 0.25) is 0 Å². The van der Waals surface area contributed by atoms with E-state index >= 15 is 0 Å². The van der Waals surface area contributed by atoms with Gasteiger partial charge in [0.05, 0.1) is 28.6 Å². The maximum Gasteiger partial charge on any atom is 0.352 e. The van der Waals surface area contributed by atoms with Crippen LogP contribution in [0.15, 0.2) is 30.3 Å². The zero-order chi connectivity index (χ0) is 22.7. The Balaban J connectivity index is 1.81. The van der Waals surface area contributed by atoms with Gasteiger partial charge in [-0.05, 0) is 26.0 Å². The minimum Gasteiger partial charge on any atom is -0.361 e. The second-order valence-corrected chi connectivity index (χ2v) is 7.40. The van der Waals surface area contributed by atoms with E-state index in [2.05, 4.69) is 15.5 Å². The lowest BCUT2D eigenvalue weighted by Gasteiger charge is -2.19. The van der Waals surface area contributed by atoms with Crippen LogP contribution in [-0.4, -0.2) is 23.2 Å². The largest absolute Gasteiger partial charge is 0.361 e. The second kappa shape index (κ2) is 7.14. The predicted molar refractivity (Wildman–Crippen MR) is 105 cm³/mol. The lowest BCUT2D eigenvalue weighted by Crippen LogP contribution is -2.31. The Kier molecular flexibility index (Phi) is 4.83. The number of rotatable bonds is 4. The predicted octanol–water partition coefficient (Wildman–Crippen LogP) is 5.26. The van der Waals surface area contributed by atoms with Crippen molar-refractivity contribution in [1.29, 1.82) is 0 Å². The number of alkyl halides is 4. The molecule has 0 saturated carbocycles. The first-order valence-corrected chi connectivity index (χ1v) is 9.34. The van der Waals surface area contributed by atoms with Crippen molar-refractivity contribution in [2.24, 2.45) is 0 Å². The van der Waals surface area contributed by atoms with Crippen molar-refractivity contribution in [1.82, 2.24) is 10.2 Å². The number of likely N-dealkylation sites (N-methyl/N-ethyl adjacent to an activating group) is 1. The molecule has 2 heterocycles. The summed E-state index contributed by atoms with van der Waals surface area (Å²) < 4.78 is 69.3. The lowest BCUT2D eigenvalue weighted by atomic mass is 10.0. The van der Waals surface area contributed by atoms with E-state index in [1.807, 2.05) is 0 Å². The Morgan fingerprint density at radius 3 is 2.45 bits per heavy atom. The minimum absolute atomic E-state index is 0.00619. The topological polar surface area (TPSA) is 58.1 Å². The van der Waals surface area contributed by atoms with E-state index in [-0.39, 0.29) is 17.1 Å². The second-order valence-electron chi connectivity index (χ2n) is 7.40. The minimum atomic E-state index is -3.66. The van der Waals surface area contributed by atoms with Crippen LogP contribution in [0.3, 0.4) is 0 Å². The Labute approximate surface area is 173 Å². The van der Waals surface area contributed by atoms with Crippen molar-refractivity contribution < 1.29 is 26.7 Å². The van der Waals surface area contributed by atoms with E-state index in [0.717, 1.165) is 11.0 Å². The Morgan fingerprint density at radius 2 is 1.77 bits per heavy atom. The van der Waals surface area contributed by atoms with E-state index < -0.39 is 41.2 Å². The number of aromatic nitrogens is 2. The third kappa shape index (κ3) is 3.17. The van der Waals surface area contributed by atoms with Gasteiger partial charge in [0.2, 0.25) is 0 Å². The van der Waals surface area contributed by atoms with Crippen molar-refractivity contribution in [3.63, 3.8) is 0 Å². The quantitative estimate of drug-likeness (QED) is 0.567. The number of fused-ring (bicyclic) bond motifs is 2. The van der Waals surface area contributed by atoms with Crippen LogP contribution in [0, 0.1) is 12.7 Å². The van der Waals surface area contributed by atoms with Crippen molar-refractivity contribution in [3.8, 4) is 0 Å². The smallest absolute Gasteiger partial charge is 0.352 e. The van der Waals surface area contributed by atoms with Gasteiger partial charge in [-0.3, -0.25) is 4.79 Å². The molecule has 0 fully saturated rings. The molecule has 1 atom stereocenters. The van der Waals surface area contributed by atoms with Gasteiger partial charge in [-0.2, -0.15) is 13.9 Å². The number of aryl methyl sites for hydroxylation is 1. The number of carbonyl (C=O) groups excluding carboxylic acids is 1. The number of carbonyl (C=O) groups is 1. The van der Waals surface area contributed by atoms with Gasteiger partial charge in [0.15, 0.2) is 5.82 Å². The van der Waals surface area contributed by atoms with E-state index in [9.17, 15) is 26.7 Å². The molecule has 0 radical (unpaired) electrons. The molecule has 1 aliphatic heterocycles. The first kappa shape index (κ1) is 21.0. The highest BCUT2D eigenvalue weighted by atomic mass is 19.3. The number of benzene rings is 2. The summed E-state index contributed by atoms with van der Waals surface area (Å²) in [4.78, 5) is 12.8. The molecule has 1 amide bonds. The lowest BCUT2D eigenvalue weighted by molar-refractivity contribution is -0.141. The standard InChI is InChI=1S/C21H17F5N4O/c1-9(11-5-4-6-12(17(11)22)18(23)24)27-19-14-8-16-15(7-13(14)10(2)28-29-19)21(25,26)20(31)30(16)3/h4-9,18H,1-3H3,(H,27,29)/t9-/m1/s1. The monoisotopic (exact) mass is 436 g/mol. The number of nitrogens with one attached hydrogen (secondary N) is 1. The van der Waals surface area contributed by atoms with Gasteiger partial charge >= 0.3 is 11.8 Å². The first-order valence-electron chi connectivity index (χ1n) is 9.34. The fourth-order valence-corrected chi connectivity index (χ4v) is 3.74. The van der Waals surface area contributed by atoms with Crippen LogP contribution in [0.1, 0.15) is 41.8 Å². The summed E-state index contributed by atoms with van der Waals surface area (Å²) >= 11 is 0. The molecule has 2 aromatic carbocycles. The zero-order valence-corrected chi connectivity index (χ0v) is 16.7. The summed E-state index contributed by atoms with van der Waals surface area (Å²) in [7, 11) is 1.25. The van der Waals surface area contributed by atoms with Crippen LogP contribution < -0.4 is 10.2 Å². The Hall–Kier alpha value is -3.30. The highest BCUT2D eigenvalue weighted by Crippen LogP contribution is 2.46. The van der Waals surface area contributed by atoms with Crippen LogP contribution in [0.4, 0.5) is 33.5 Å². The van der Waals surface area contributed by atoms with Crippen LogP contribution >= 0.6 is 0 Å². The summed E-state index contributed by atoms with van der Waals surface area (Å²) in [6.45, 7) is 3.14. The zero-order valence-electron chi connectivity index (χ0n) is 16.7. The Morgan fingerprint density at radius 1 is 1.10 bits per heavy atom. The van der Waals surface area contributed by atoms with Crippen molar-refractivity contribution in [3.05, 3.63) is 58.5 Å². The van der Waals surface area contributed by atoms with Crippen molar-refractivity contribution >= 4 is 28.2 Å². The number of amides is 1. The highest BCUT2D eigenvalue weighted by molar-refractivity contribution is 6.09. The normalized spacial score (nSPS) is 16.2. The third-order valence-electron chi connectivity index (χ3n) is 5.47. The van der Waals surface area contributed by atoms with Crippen molar-refractivity contribution in [2.45, 2.75) is 32.2 Å². The summed E-state index contributed by atoms with van der Waals surface area (Å²) in [5.74, 6) is -5.89. The van der Waals surface area contributed by atoms with E-state index in [4.69, 9.17) is 0 Å². The maximum absolute atomic E-state index is 14.5. The molecule has 0 aliphatic carbocycles. The summed E-state index contributed by atoms with van der Waals surface area (Å²) in [6.07, 6.45) is -2.97. The molecular weight excluding hydrogens is 419 g/mol. The molecule has 10 heteroatoms. The fourth-order valence-electron chi connectivity index (χ4n) is 3.74. The average molecular weight is 436 g/mol. The average Bonchev–Trinajstić information content (AvgIpc) is 2.89. The molecule has 0 saturated heterocycles. The molecule has 31 heavy (non-hydrogen) atoms. The molecular formula is C21H17F5N4O. The van der Waals surface area contributed by atoms with Gasteiger partial charge in [0.1, 0.15) is 5.82 Å². The number of anilines is 2. The molecule has 5 nitrogen and oxygen atoms in total. The molecule has 0 bridgehead atoms. The summed E-state index contributed by atoms with van der Waals surface area (Å²) in [5.41, 5.74) is -0.769. The van der Waals surface area contributed by atoms with Gasteiger partial charge in [-0.15, -0.1) is 5.10 Å². The highest BCUT2D eigenvalue weighted by Gasteiger charge is 2.51. The summed E-state index contributed by atoms with van der Waals surface area (Å²) in [6, 6.07) is 5.51. The summed E-state index contributed by atoms with van der Waals surface area (Å²) in [5, 5.41) is 11.7. The number of nitrogens with zero attached hydrogens (tertiary/aromatic N) is 3. The molecule has 1 aromatic heterocycles. The van der Waals surface area contributed by atoms with Crippen molar-refractivity contribution in [2.75, 3.05) is 17.3 Å². The fraction of sp³-hybridized carbons (Fsp3) is 0.286. The Bertz CT molecular complexity index is 1210. The number of hydrogen-bond acceptors (Lipinski definition) is 4. The third-order valence-corrected chi connectivity index (χ3v) is 5.47. The molecule has 0 spiro atoms. The molecule has 1 aliphatic rings. The van der Waals surface area contributed by atoms with E-state index in [1.165, 1.54) is 31.3 Å². The molecule has 3 aromatic rings. The van der Waals surface area contributed by atoms with E-state index in [0.29, 0.717) is 16.5 Å². The van der Waals surface area contributed by atoms with E-state index in [1.54, 1.807) is 13.8 Å². The van der Waals surface area contributed by atoms with Crippen LogP contribution in [0.25, 0.3) is 10.8 Å². The van der Waals surface area contributed by atoms with Gasteiger partial charge in [0, 0.05) is 23.4 Å². The van der Waals surface area contributed by atoms with Gasteiger partial charge < -0.3 is 10.2 Å². The van der Waals surface area contributed by atoms with Gasteiger partial charge in [-0.25, -0.2) is 13.2 Å². The van der Waals surface area contributed by atoms with Gasteiger partial charge in [0.25, 0.3) is 6.43 Å². The van der Waals surface area contributed by atoms with Crippen LogP contribution in [0.5, 0.6) is 0 Å². The number of hydrogen-bond donors (Lipinski definition) is 1. The molecule has 1 N–H and O–H groups in total.